The molecule has 16 heavy (non-hydrogen) atoms. The first-order valence-corrected chi connectivity index (χ1v) is 6.07. The van der Waals surface area contributed by atoms with Crippen LogP contribution < -0.4 is 5.32 Å². The first-order chi connectivity index (χ1) is 7.56. The predicted molar refractivity (Wildman–Crippen MR) is 62.9 cm³/mol. The van der Waals surface area contributed by atoms with E-state index in [4.69, 9.17) is 0 Å². The molecule has 4 nitrogen and oxygen atoms in total. The van der Waals surface area contributed by atoms with Crippen LogP contribution in [-0.2, 0) is 9.59 Å². The molecule has 0 bridgehead atoms. The lowest BCUT2D eigenvalue weighted by molar-refractivity contribution is -0.131. The molecule has 1 aliphatic carbocycles. The van der Waals surface area contributed by atoms with Crippen LogP contribution in [0.4, 0.5) is 0 Å². The minimum Gasteiger partial charge on any atom is -0.356 e. The molecule has 0 atom stereocenters. The van der Waals surface area contributed by atoms with Gasteiger partial charge in [-0.25, -0.2) is 0 Å². The van der Waals surface area contributed by atoms with Crippen LogP contribution in [0.1, 0.15) is 39.5 Å². The first kappa shape index (κ1) is 13.0. The maximum atomic E-state index is 11.6. The van der Waals surface area contributed by atoms with Crippen molar-refractivity contribution in [2.45, 2.75) is 45.6 Å². The molecule has 1 rings (SSSR count). The van der Waals surface area contributed by atoms with Crippen molar-refractivity contribution in [1.82, 2.24) is 10.2 Å². The third kappa shape index (κ3) is 3.22. The van der Waals surface area contributed by atoms with E-state index in [-0.39, 0.29) is 17.7 Å². The summed E-state index contributed by atoms with van der Waals surface area (Å²) in [4.78, 5) is 24.6. The zero-order valence-corrected chi connectivity index (χ0v) is 10.5. The van der Waals surface area contributed by atoms with Crippen LogP contribution >= 0.6 is 0 Å². The largest absolute Gasteiger partial charge is 0.356 e. The van der Waals surface area contributed by atoms with Gasteiger partial charge in [-0.1, -0.05) is 0 Å². The van der Waals surface area contributed by atoms with E-state index in [0.29, 0.717) is 12.6 Å². The number of hydrogen-bond donors (Lipinski definition) is 1. The lowest BCUT2D eigenvalue weighted by Gasteiger charge is -2.33. The third-order valence-electron chi connectivity index (χ3n) is 3.46. The molecule has 4 heteroatoms. The van der Waals surface area contributed by atoms with Gasteiger partial charge in [-0.2, -0.15) is 0 Å². The second kappa shape index (κ2) is 5.87. The summed E-state index contributed by atoms with van der Waals surface area (Å²) >= 11 is 0. The number of carbonyl (C=O) groups excluding carboxylic acids is 2. The van der Waals surface area contributed by atoms with Crippen LogP contribution in [0.25, 0.3) is 0 Å². The summed E-state index contributed by atoms with van der Waals surface area (Å²) in [7, 11) is 1.85. The maximum Gasteiger partial charge on any atom is 0.223 e. The molecule has 1 aliphatic rings. The summed E-state index contributed by atoms with van der Waals surface area (Å²) in [6.45, 7) is 4.23. The van der Waals surface area contributed by atoms with E-state index in [1.165, 1.54) is 0 Å². The Labute approximate surface area is 97.4 Å². The highest BCUT2D eigenvalue weighted by Gasteiger charge is 2.28. The van der Waals surface area contributed by atoms with Gasteiger partial charge in [-0.3, -0.25) is 9.59 Å². The van der Waals surface area contributed by atoms with Gasteiger partial charge in [-0.05, 0) is 32.6 Å². The Morgan fingerprint density at radius 1 is 1.25 bits per heavy atom. The predicted octanol–water partition coefficient (Wildman–Crippen LogP) is 1.16. The highest BCUT2D eigenvalue weighted by atomic mass is 16.2. The van der Waals surface area contributed by atoms with E-state index in [1.807, 2.05) is 14.0 Å². The molecule has 2 amide bonds. The van der Waals surface area contributed by atoms with Crippen molar-refractivity contribution in [2.75, 3.05) is 13.6 Å². The molecule has 1 N–H and O–H groups in total. The topological polar surface area (TPSA) is 49.4 Å². The molecule has 0 spiro atoms. The molecule has 1 saturated carbocycles. The second-order valence-corrected chi connectivity index (χ2v) is 4.53. The fourth-order valence-electron chi connectivity index (χ4n) is 2.30. The molecule has 0 heterocycles. The quantitative estimate of drug-likeness (QED) is 0.785. The molecular weight excluding hydrogens is 204 g/mol. The summed E-state index contributed by atoms with van der Waals surface area (Å²) < 4.78 is 0. The second-order valence-electron chi connectivity index (χ2n) is 4.53. The number of nitrogens with one attached hydrogen (secondary N) is 1. The Hall–Kier alpha value is -1.06. The summed E-state index contributed by atoms with van der Waals surface area (Å²) in [5.74, 6) is 0.435. The fourth-order valence-corrected chi connectivity index (χ4v) is 2.30. The van der Waals surface area contributed by atoms with Gasteiger partial charge in [0.25, 0.3) is 0 Å². The van der Waals surface area contributed by atoms with E-state index in [9.17, 15) is 9.59 Å². The maximum absolute atomic E-state index is 11.6. The van der Waals surface area contributed by atoms with Crippen molar-refractivity contribution in [3.8, 4) is 0 Å². The average molecular weight is 226 g/mol. The minimum atomic E-state index is 0.112. The van der Waals surface area contributed by atoms with E-state index < -0.39 is 0 Å². The molecular formula is C12H22N2O2. The van der Waals surface area contributed by atoms with Gasteiger partial charge in [0.1, 0.15) is 0 Å². The summed E-state index contributed by atoms with van der Waals surface area (Å²) in [6, 6.07) is 0.322. The Morgan fingerprint density at radius 2 is 1.81 bits per heavy atom. The van der Waals surface area contributed by atoms with Crippen molar-refractivity contribution in [3.63, 3.8) is 0 Å². The molecule has 0 aromatic heterocycles. The van der Waals surface area contributed by atoms with Crippen LogP contribution in [0.3, 0.4) is 0 Å². The van der Waals surface area contributed by atoms with Gasteiger partial charge in [-0.15, -0.1) is 0 Å². The first-order valence-electron chi connectivity index (χ1n) is 6.07. The summed E-state index contributed by atoms with van der Waals surface area (Å²) in [5, 5.41) is 2.86. The monoisotopic (exact) mass is 226 g/mol. The number of nitrogens with zero attached hydrogens (tertiary/aromatic N) is 1. The molecule has 0 aliphatic heterocycles. The molecule has 0 saturated heterocycles. The van der Waals surface area contributed by atoms with Gasteiger partial charge in [0.05, 0.1) is 0 Å². The average Bonchev–Trinajstić information content (AvgIpc) is 2.28. The summed E-state index contributed by atoms with van der Waals surface area (Å²) in [5.41, 5.74) is 0. The molecule has 0 aromatic rings. The molecule has 0 unspecified atom stereocenters. The Kier molecular flexibility index (Phi) is 4.77. The van der Waals surface area contributed by atoms with Gasteiger partial charge >= 0.3 is 0 Å². The van der Waals surface area contributed by atoms with Crippen molar-refractivity contribution >= 4 is 11.8 Å². The van der Waals surface area contributed by atoms with E-state index in [2.05, 4.69) is 5.32 Å². The Balaban J connectivity index is 2.39. The van der Waals surface area contributed by atoms with E-state index in [1.54, 1.807) is 11.8 Å². The summed E-state index contributed by atoms with van der Waals surface area (Å²) in [6.07, 6.45) is 3.68. The van der Waals surface area contributed by atoms with Crippen molar-refractivity contribution < 1.29 is 9.59 Å². The van der Waals surface area contributed by atoms with Crippen LogP contribution in [0.15, 0.2) is 0 Å². The fraction of sp³-hybridized carbons (Fsp3) is 0.833. The van der Waals surface area contributed by atoms with Crippen molar-refractivity contribution in [1.29, 1.82) is 0 Å². The standard InChI is InChI=1S/C12H22N2O2/c1-4-13-12(16)10-5-7-11(8-6-10)14(3)9(2)15/h10-11H,4-8H2,1-3H3,(H,13,16). The van der Waals surface area contributed by atoms with E-state index >= 15 is 0 Å². The molecule has 0 aromatic carbocycles. The van der Waals surface area contributed by atoms with Gasteiger partial charge in [0, 0.05) is 32.5 Å². The van der Waals surface area contributed by atoms with E-state index in [0.717, 1.165) is 25.7 Å². The SMILES string of the molecule is CCNC(=O)C1CCC(N(C)C(C)=O)CC1. The molecule has 1 fully saturated rings. The molecule has 0 radical (unpaired) electrons. The number of carbonyl (C=O) groups is 2. The van der Waals surface area contributed by atoms with Crippen LogP contribution in [0.2, 0.25) is 0 Å². The smallest absolute Gasteiger partial charge is 0.223 e. The number of rotatable bonds is 3. The lowest BCUT2D eigenvalue weighted by Crippen LogP contribution is -2.41. The van der Waals surface area contributed by atoms with Crippen molar-refractivity contribution in [3.05, 3.63) is 0 Å². The van der Waals surface area contributed by atoms with Gasteiger partial charge in [0.15, 0.2) is 0 Å². The highest BCUT2D eigenvalue weighted by molar-refractivity contribution is 5.78. The third-order valence-corrected chi connectivity index (χ3v) is 3.46. The Bertz CT molecular complexity index is 258. The van der Waals surface area contributed by atoms with Crippen molar-refractivity contribution in [2.24, 2.45) is 5.92 Å². The van der Waals surface area contributed by atoms with Crippen LogP contribution in [0, 0.1) is 5.92 Å². The Morgan fingerprint density at radius 3 is 2.25 bits per heavy atom. The minimum absolute atomic E-state index is 0.112. The zero-order valence-electron chi connectivity index (χ0n) is 10.5. The normalized spacial score (nSPS) is 24.9. The molecule has 92 valence electrons. The lowest BCUT2D eigenvalue weighted by atomic mass is 9.85. The van der Waals surface area contributed by atoms with Gasteiger partial charge in [0.2, 0.25) is 11.8 Å². The van der Waals surface area contributed by atoms with Crippen LogP contribution in [-0.4, -0.2) is 36.3 Å². The van der Waals surface area contributed by atoms with Crippen LogP contribution in [0.5, 0.6) is 0 Å². The van der Waals surface area contributed by atoms with Gasteiger partial charge < -0.3 is 10.2 Å². The zero-order chi connectivity index (χ0) is 12.1. The highest BCUT2D eigenvalue weighted by Crippen LogP contribution is 2.27. The number of hydrogen-bond acceptors (Lipinski definition) is 2. The number of amides is 2.